The van der Waals surface area contributed by atoms with Gasteiger partial charge in [0.25, 0.3) is 0 Å². The van der Waals surface area contributed by atoms with Crippen LogP contribution >= 0.6 is 11.6 Å². The Bertz CT molecular complexity index is 928. The number of carbonyl (C=O) groups excluding carboxylic acids is 1. The molecule has 31 heavy (non-hydrogen) atoms. The molecule has 0 atom stereocenters. The number of nitrogens with one attached hydrogen (secondary N) is 1. The Labute approximate surface area is 190 Å². The molecule has 0 bridgehead atoms. The molecule has 7 heteroatoms. The molecule has 0 saturated carbocycles. The van der Waals surface area contributed by atoms with E-state index in [1.165, 1.54) is 17.3 Å². The fourth-order valence-electron chi connectivity index (χ4n) is 3.95. The molecule has 0 radical (unpaired) electrons. The maximum absolute atomic E-state index is 12.5. The molecule has 1 saturated heterocycles. The number of likely N-dealkylation sites (N-methyl/N-ethyl adjacent to an activating group) is 1. The highest BCUT2D eigenvalue weighted by Crippen LogP contribution is 2.25. The highest BCUT2D eigenvalue weighted by molar-refractivity contribution is 6.31. The number of unbranched alkanes of at least 4 members (excludes halogenated alkanes) is 1. The van der Waals surface area contributed by atoms with Gasteiger partial charge < -0.3 is 15.1 Å². The lowest BCUT2D eigenvalue weighted by molar-refractivity contribution is -0.111. The topological polar surface area (TPSA) is 53.4 Å². The van der Waals surface area contributed by atoms with Crippen molar-refractivity contribution in [1.29, 1.82) is 0 Å². The van der Waals surface area contributed by atoms with Crippen molar-refractivity contribution in [2.75, 3.05) is 42.9 Å². The van der Waals surface area contributed by atoms with Crippen molar-refractivity contribution in [2.45, 2.75) is 47.1 Å². The number of amides is 1. The van der Waals surface area contributed by atoms with Gasteiger partial charge in [0.2, 0.25) is 5.91 Å². The molecule has 2 aromatic rings. The summed E-state index contributed by atoms with van der Waals surface area (Å²) in [6.45, 7) is 14.5. The average Bonchev–Trinajstić information content (AvgIpc) is 3.03. The molecule has 1 fully saturated rings. The van der Waals surface area contributed by atoms with Crippen LogP contribution < -0.4 is 10.2 Å². The summed E-state index contributed by atoms with van der Waals surface area (Å²) in [5, 5.41) is 8.02. The molecule has 168 valence electrons. The van der Waals surface area contributed by atoms with Crippen LogP contribution in [0.3, 0.4) is 0 Å². The van der Waals surface area contributed by atoms with Gasteiger partial charge in [0.05, 0.1) is 5.69 Å². The number of halogens is 1. The normalized spacial score (nSPS) is 15.1. The minimum Gasteiger partial charge on any atom is -0.369 e. The highest BCUT2D eigenvalue weighted by Gasteiger charge is 2.17. The van der Waals surface area contributed by atoms with E-state index in [4.69, 9.17) is 11.6 Å². The van der Waals surface area contributed by atoms with Crippen molar-refractivity contribution in [3.63, 3.8) is 0 Å². The van der Waals surface area contributed by atoms with Crippen LogP contribution in [0.25, 0.3) is 6.08 Å². The van der Waals surface area contributed by atoms with E-state index in [-0.39, 0.29) is 5.91 Å². The van der Waals surface area contributed by atoms with Gasteiger partial charge in [0, 0.05) is 55.7 Å². The van der Waals surface area contributed by atoms with Gasteiger partial charge >= 0.3 is 0 Å². The van der Waals surface area contributed by atoms with E-state index in [0.717, 1.165) is 69.1 Å². The van der Waals surface area contributed by atoms with Gasteiger partial charge in [0.15, 0.2) is 0 Å². The predicted octanol–water partition coefficient (Wildman–Crippen LogP) is 4.75. The van der Waals surface area contributed by atoms with Gasteiger partial charge in [-0.3, -0.25) is 9.48 Å². The average molecular weight is 444 g/mol. The Hall–Kier alpha value is -2.31. The molecule has 1 aromatic carbocycles. The summed E-state index contributed by atoms with van der Waals surface area (Å²) in [6.07, 6.45) is 5.37. The molecule has 3 rings (SSSR count). The van der Waals surface area contributed by atoms with Crippen LogP contribution in [0.4, 0.5) is 11.4 Å². The van der Waals surface area contributed by atoms with Gasteiger partial charge in [0.1, 0.15) is 5.15 Å². The number of aromatic nitrogens is 2. The van der Waals surface area contributed by atoms with E-state index in [9.17, 15) is 4.79 Å². The molecule has 0 unspecified atom stereocenters. The lowest BCUT2D eigenvalue weighted by atomic mass is 10.1. The molecule has 6 nitrogen and oxygen atoms in total. The summed E-state index contributed by atoms with van der Waals surface area (Å²) in [7, 11) is 0. The Balaban J connectivity index is 1.62. The molecule has 1 N–H and O–H groups in total. The van der Waals surface area contributed by atoms with Crippen LogP contribution in [-0.2, 0) is 11.3 Å². The number of hydrogen-bond acceptors (Lipinski definition) is 4. The lowest BCUT2D eigenvalue weighted by Gasteiger charge is -2.36. The number of piperazine rings is 1. The van der Waals surface area contributed by atoms with E-state index in [2.05, 4.69) is 47.1 Å². The third-order valence-electron chi connectivity index (χ3n) is 5.86. The molecule has 0 aliphatic carbocycles. The summed E-state index contributed by atoms with van der Waals surface area (Å²) in [4.78, 5) is 17.4. The van der Waals surface area contributed by atoms with E-state index in [1.807, 2.05) is 19.1 Å². The second-order valence-corrected chi connectivity index (χ2v) is 8.47. The zero-order valence-corrected chi connectivity index (χ0v) is 19.9. The van der Waals surface area contributed by atoms with Crippen LogP contribution in [-0.4, -0.2) is 53.3 Å². The van der Waals surface area contributed by atoms with E-state index in [0.29, 0.717) is 5.15 Å². The number of hydrogen-bond donors (Lipinski definition) is 1. The van der Waals surface area contributed by atoms with Gasteiger partial charge in [-0.05, 0) is 56.7 Å². The summed E-state index contributed by atoms with van der Waals surface area (Å²) in [5.74, 6) is -0.180. The quantitative estimate of drug-likeness (QED) is 0.598. The lowest BCUT2D eigenvalue weighted by Crippen LogP contribution is -2.46. The third-order valence-corrected chi connectivity index (χ3v) is 6.26. The van der Waals surface area contributed by atoms with Crippen molar-refractivity contribution in [1.82, 2.24) is 14.7 Å². The van der Waals surface area contributed by atoms with Gasteiger partial charge in [-0.15, -0.1) is 0 Å². The van der Waals surface area contributed by atoms with Crippen molar-refractivity contribution in [2.24, 2.45) is 0 Å². The largest absolute Gasteiger partial charge is 0.369 e. The van der Waals surface area contributed by atoms with Crippen molar-refractivity contribution in [3.8, 4) is 0 Å². The number of carbonyl (C=O) groups is 1. The number of nitrogens with zero attached hydrogens (tertiary/aromatic N) is 4. The van der Waals surface area contributed by atoms with E-state index in [1.54, 1.807) is 10.8 Å². The van der Waals surface area contributed by atoms with Gasteiger partial charge in [-0.2, -0.15) is 5.10 Å². The molecule has 1 aliphatic rings. The van der Waals surface area contributed by atoms with Crippen molar-refractivity contribution < 1.29 is 4.79 Å². The highest BCUT2D eigenvalue weighted by atomic mass is 35.5. The maximum atomic E-state index is 12.5. The number of rotatable bonds is 8. The summed E-state index contributed by atoms with van der Waals surface area (Å²) < 4.78 is 1.81. The van der Waals surface area contributed by atoms with Crippen molar-refractivity contribution >= 4 is 35.0 Å². The first-order valence-corrected chi connectivity index (χ1v) is 11.6. The third kappa shape index (κ3) is 5.89. The van der Waals surface area contributed by atoms with E-state index < -0.39 is 0 Å². The summed E-state index contributed by atoms with van der Waals surface area (Å²) in [5.41, 5.74) is 4.83. The monoisotopic (exact) mass is 443 g/mol. The van der Waals surface area contributed by atoms with Gasteiger partial charge in [-0.25, -0.2) is 0 Å². The molecular formula is C24H34ClN5O. The molecule has 0 spiro atoms. The molecule has 1 aliphatic heterocycles. The maximum Gasteiger partial charge on any atom is 0.248 e. The Kier molecular flexibility index (Phi) is 8.15. The van der Waals surface area contributed by atoms with Crippen LogP contribution in [0, 0.1) is 13.8 Å². The first-order valence-electron chi connectivity index (χ1n) is 11.2. The van der Waals surface area contributed by atoms with Gasteiger partial charge in [-0.1, -0.05) is 31.9 Å². The minimum atomic E-state index is -0.180. The van der Waals surface area contributed by atoms with Crippen LogP contribution in [0.2, 0.25) is 5.15 Å². The standard InChI is InChI=1S/C24H34ClN5O/c1-5-7-12-30-24(25)21(19(4)27-30)9-11-23(31)26-20-8-10-22(18(3)17-20)29-15-13-28(6-2)14-16-29/h8-11,17H,5-7,12-16H2,1-4H3,(H,26,31)/b11-9+. The Morgan fingerprint density at radius 2 is 1.94 bits per heavy atom. The van der Waals surface area contributed by atoms with E-state index >= 15 is 0 Å². The molecule has 1 amide bonds. The van der Waals surface area contributed by atoms with Crippen LogP contribution in [0.1, 0.15) is 43.5 Å². The summed E-state index contributed by atoms with van der Waals surface area (Å²) >= 11 is 6.45. The predicted molar refractivity (Wildman–Crippen MR) is 130 cm³/mol. The molecule has 1 aromatic heterocycles. The Morgan fingerprint density at radius 3 is 2.58 bits per heavy atom. The molecule has 2 heterocycles. The fraction of sp³-hybridized carbons (Fsp3) is 0.500. The number of anilines is 2. The zero-order chi connectivity index (χ0) is 22.4. The molecular weight excluding hydrogens is 410 g/mol. The smallest absolute Gasteiger partial charge is 0.248 e. The SMILES string of the molecule is CCCCn1nc(C)c(/C=C/C(=O)Nc2ccc(N3CCN(CC)CC3)c(C)c2)c1Cl. The van der Waals surface area contributed by atoms with Crippen molar-refractivity contribution in [3.05, 3.63) is 46.2 Å². The first kappa shape index (κ1) is 23.4. The second-order valence-electron chi connectivity index (χ2n) is 8.11. The number of aryl methyl sites for hydroxylation is 3. The Morgan fingerprint density at radius 1 is 1.19 bits per heavy atom. The minimum absolute atomic E-state index is 0.180. The second kappa shape index (κ2) is 10.8. The number of benzene rings is 1. The fourth-order valence-corrected chi connectivity index (χ4v) is 4.27. The first-order chi connectivity index (χ1) is 14.9. The van der Waals surface area contributed by atoms with Crippen LogP contribution in [0.5, 0.6) is 0 Å². The zero-order valence-electron chi connectivity index (χ0n) is 19.1. The summed E-state index contributed by atoms with van der Waals surface area (Å²) in [6, 6.07) is 6.12. The van der Waals surface area contributed by atoms with Crippen LogP contribution in [0.15, 0.2) is 24.3 Å².